The molecule has 0 saturated heterocycles. The highest BCUT2D eigenvalue weighted by atomic mass is 19.1. The summed E-state index contributed by atoms with van der Waals surface area (Å²) in [6, 6.07) is 7.67. The average Bonchev–Trinajstić information content (AvgIpc) is 2.72. The Labute approximate surface area is 129 Å². The fourth-order valence-electron chi connectivity index (χ4n) is 3.54. The molecule has 0 amide bonds. The number of benzene rings is 1. The Kier molecular flexibility index (Phi) is 6.69. The molecule has 1 N–H and O–H groups in total. The topological polar surface area (TPSA) is 12.0 Å². The summed E-state index contributed by atoms with van der Waals surface area (Å²) >= 11 is 0. The highest BCUT2D eigenvalue weighted by molar-refractivity contribution is 5.17. The molecule has 0 bridgehead atoms. The molecule has 1 aliphatic rings. The van der Waals surface area contributed by atoms with Crippen LogP contribution in [0.3, 0.4) is 0 Å². The Bertz CT molecular complexity index is 408. The number of hydrogen-bond acceptors (Lipinski definition) is 1. The van der Waals surface area contributed by atoms with Crippen LogP contribution in [0.15, 0.2) is 24.3 Å². The number of hydrogen-bond donors (Lipinski definition) is 1. The predicted molar refractivity (Wildman–Crippen MR) is 87.9 cm³/mol. The maximum absolute atomic E-state index is 13.4. The van der Waals surface area contributed by atoms with Gasteiger partial charge in [-0.15, -0.1) is 0 Å². The smallest absolute Gasteiger partial charge is 0.123 e. The fourth-order valence-corrected chi connectivity index (χ4v) is 3.54. The second-order valence-corrected chi connectivity index (χ2v) is 6.91. The van der Waals surface area contributed by atoms with Gasteiger partial charge < -0.3 is 5.32 Å². The molecule has 2 heteroatoms. The summed E-state index contributed by atoms with van der Waals surface area (Å²) in [5.41, 5.74) is 1.15. The summed E-state index contributed by atoms with van der Waals surface area (Å²) < 4.78 is 13.4. The first-order valence-electron chi connectivity index (χ1n) is 8.63. The van der Waals surface area contributed by atoms with E-state index in [9.17, 15) is 4.39 Å². The second kappa shape index (κ2) is 8.53. The monoisotopic (exact) mass is 291 g/mol. The molecule has 1 fully saturated rings. The highest BCUT2D eigenvalue weighted by Gasteiger charge is 2.23. The predicted octanol–water partition coefficient (Wildman–Crippen LogP) is 4.95. The van der Waals surface area contributed by atoms with Crippen LogP contribution in [-0.2, 0) is 6.42 Å². The molecule has 0 aromatic heterocycles. The van der Waals surface area contributed by atoms with Gasteiger partial charge in [-0.3, -0.25) is 0 Å². The minimum atomic E-state index is -0.107. The molecule has 1 aromatic rings. The summed E-state index contributed by atoms with van der Waals surface area (Å²) in [4.78, 5) is 0. The van der Waals surface area contributed by atoms with Gasteiger partial charge in [0.25, 0.3) is 0 Å². The molecule has 1 saturated carbocycles. The molecule has 1 nitrogen and oxygen atoms in total. The van der Waals surface area contributed by atoms with E-state index in [0.717, 1.165) is 24.4 Å². The lowest BCUT2D eigenvalue weighted by Gasteiger charge is -2.28. The zero-order chi connectivity index (χ0) is 15.1. The molecule has 1 aliphatic carbocycles. The Morgan fingerprint density at radius 2 is 1.86 bits per heavy atom. The van der Waals surface area contributed by atoms with Crippen LogP contribution < -0.4 is 5.32 Å². The third-order valence-corrected chi connectivity index (χ3v) is 4.74. The van der Waals surface area contributed by atoms with Gasteiger partial charge in [-0.25, -0.2) is 4.39 Å². The SMILES string of the molecule is CC(C)NCC(Cc1cccc(F)c1)C1CCCCCC1. The van der Waals surface area contributed by atoms with E-state index >= 15 is 0 Å². The first-order chi connectivity index (χ1) is 10.1. The average molecular weight is 291 g/mol. The van der Waals surface area contributed by atoms with Gasteiger partial charge in [0.05, 0.1) is 0 Å². The fraction of sp³-hybridized carbons (Fsp3) is 0.684. The first kappa shape index (κ1) is 16.5. The van der Waals surface area contributed by atoms with Crippen LogP contribution in [0.4, 0.5) is 4.39 Å². The molecular formula is C19H30FN. The summed E-state index contributed by atoms with van der Waals surface area (Å²) in [6.45, 7) is 5.46. The van der Waals surface area contributed by atoms with E-state index in [2.05, 4.69) is 25.2 Å². The van der Waals surface area contributed by atoms with E-state index in [0.29, 0.717) is 12.0 Å². The normalized spacial score (nSPS) is 18.7. The Morgan fingerprint density at radius 1 is 1.14 bits per heavy atom. The van der Waals surface area contributed by atoms with Gasteiger partial charge in [0.1, 0.15) is 5.82 Å². The lowest BCUT2D eigenvalue weighted by molar-refractivity contribution is 0.278. The largest absolute Gasteiger partial charge is 0.314 e. The van der Waals surface area contributed by atoms with Gasteiger partial charge in [0.15, 0.2) is 0 Å². The van der Waals surface area contributed by atoms with Crippen molar-refractivity contribution in [3.8, 4) is 0 Å². The van der Waals surface area contributed by atoms with Crippen LogP contribution in [0.1, 0.15) is 57.9 Å². The van der Waals surface area contributed by atoms with Crippen LogP contribution in [0, 0.1) is 17.7 Å². The molecule has 0 aliphatic heterocycles. The van der Waals surface area contributed by atoms with Crippen molar-refractivity contribution in [3.05, 3.63) is 35.6 Å². The maximum atomic E-state index is 13.4. The molecule has 0 spiro atoms. The van der Waals surface area contributed by atoms with E-state index in [1.165, 1.54) is 44.6 Å². The van der Waals surface area contributed by atoms with Crippen molar-refractivity contribution in [1.82, 2.24) is 5.32 Å². The van der Waals surface area contributed by atoms with Crippen molar-refractivity contribution in [1.29, 1.82) is 0 Å². The van der Waals surface area contributed by atoms with Gasteiger partial charge in [-0.1, -0.05) is 64.5 Å². The minimum absolute atomic E-state index is 0.107. The van der Waals surface area contributed by atoms with Crippen LogP contribution in [0.2, 0.25) is 0 Å². The lowest BCUT2D eigenvalue weighted by atomic mass is 9.82. The molecule has 21 heavy (non-hydrogen) atoms. The van der Waals surface area contributed by atoms with Gasteiger partial charge in [0, 0.05) is 6.04 Å². The molecule has 1 unspecified atom stereocenters. The van der Waals surface area contributed by atoms with Crippen molar-refractivity contribution >= 4 is 0 Å². The zero-order valence-corrected chi connectivity index (χ0v) is 13.6. The Morgan fingerprint density at radius 3 is 2.48 bits per heavy atom. The van der Waals surface area contributed by atoms with Crippen LogP contribution in [0.25, 0.3) is 0 Å². The van der Waals surface area contributed by atoms with E-state index in [1.807, 2.05) is 6.07 Å². The van der Waals surface area contributed by atoms with E-state index < -0.39 is 0 Å². The molecule has 1 aromatic carbocycles. The summed E-state index contributed by atoms with van der Waals surface area (Å²) in [5.74, 6) is 1.32. The van der Waals surface area contributed by atoms with E-state index in [-0.39, 0.29) is 5.82 Å². The lowest BCUT2D eigenvalue weighted by Crippen LogP contribution is -2.33. The van der Waals surface area contributed by atoms with Crippen LogP contribution in [-0.4, -0.2) is 12.6 Å². The highest BCUT2D eigenvalue weighted by Crippen LogP contribution is 2.31. The molecule has 118 valence electrons. The van der Waals surface area contributed by atoms with Crippen molar-refractivity contribution in [2.24, 2.45) is 11.8 Å². The van der Waals surface area contributed by atoms with Gasteiger partial charge in [-0.05, 0) is 42.5 Å². The van der Waals surface area contributed by atoms with Gasteiger partial charge in [0.2, 0.25) is 0 Å². The molecular weight excluding hydrogens is 261 g/mol. The maximum Gasteiger partial charge on any atom is 0.123 e. The summed E-state index contributed by atoms with van der Waals surface area (Å²) in [6.07, 6.45) is 9.21. The quantitative estimate of drug-likeness (QED) is 0.731. The van der Waals surface area contributed by atoms with Crippen molar-refractivity contribution in [3.63, 3.8) is 0 Å². The molecule has 0 heterocycles. The first-order valence-corrected chi connectivity index (χ1v) is 8.63. The van der Waals surface area contributed by atoms with Crippen LogP contribution in [0.5, 0.6) is 0 Å². The summed E-state index contributed by atoms with van der Waals surface area (Å²) in [7, 11) is 0. The number of nitrogens with one attached hydrogen (secondary N) is 1. The molecule has 2 rings (SSSR count). The second-order valence-electron chi connectivity index (χ2n) is 6.91. The standard InChI is InChI=1S/C19H30FN/c1-15(2)21-14-18(17-9-5-3-4-6-10-17)12-16-8-7-11-19(20)13-16/h7-8,11,13,15,17-18,21H,3-6,9-10,12,14H2,1-2H3. The van der Waals surface area contributed by atoms with Crippen molar-refractivity contribution in [2.45, 2.75) is 64.8 Å². The molecule has 0 radical (unpaired) electrons. The van der Waals surface area contributed by atoms with Crippen molar-refractivity contribution < 1.29 is 4.39 Å². The Balaban J connectivity index is 2.03. The molecule has 1 atom stereocenters. The Hall–Kier alpha value is -0.890. The minimum Gasteiger partial charge on any atom is -0.314 e. The third-order valence-electron chi connectivity index (χ3n) is 4.74. The van der Waals surface area contributed by atoms with Gasteiger partial charge >= 0.3 is 0 Å². The van der Waals surface area contributed by atoms with Gasteiger partial charge in [-0.2, -0.15) is 0 Å². The summed E-state index contributed by atoms with van der Waals surface area (Å²) in [5, 5.41) is 3.60. The van der Waals surface area contributed by atoms with E-state index in [1.54, 1.807) is 6.07 Å². The zero-order valence-electron chi connectivity index (χ0n) is 13.6. The number of halogens is 1. The number of rotatable bonds is 6. The third kappa shape index (κ3) is 5.78. The van der Waals surface area contributed by atoms with Crippen LogP contribution >= 0.6 is 0 Å². The van der Waals surface area contributed by atoms with Crippen molar-refractivity contribution in [2.75, 3.05) is 6.54 Å². The van der Waals surface area contributed by atoms with E-state index in [4.69, 9.17) is 0 Å².